The quantitative estimate of drug-likeness (QED) is 0.0985. The zero-order valence-corrected chi connectivity index (χ0v) is 25.4. The van der Waals surface area contributed by atoms with Crippen molar-refractivity contribution < 1.29 is 23.9 Å². The molecular formula is C31H27ClN4O5S2. The van der Waals surface area contributed by atoms with Crippen molar-refractivity contribution in [3.8, 4) is 0 Å². The van der Waals surface area contributed by atoms with Gasteiger partial charge in [-0.15, -0.1) is 23.1 Å². The molecule has 3 amide bonds. The van der Waals surface area contributed by atoms with Crippen LogP contribution in [0.3, 0.4) is 0 Å². The third kappa shape index (κ3) is 10.1. The molecule has 4 aromatic rings. The lowest BCUT2D eigenvalue weighted by Crippen LogP contribution is -2.30. The fraction of sp³-hybridized carbons (Fsp3) is 0.129. The Morgan fingerprint density at radius 2 is 1.74 bits per heavy atom. The fourth-order valence-corrected chi connectivity index (χ4v) is 5.25. The summed E-state index contributed by atoms with van der Waals surface area (Å²) in [6, 6.07) is 22.4. The van der Waals surface area contributed by atoms with Crippen LogP contribution in [0.2, 0.25) is 5.02 Å². The summed E-state index contributed by atoms with van der Waals surface area (Å²) in [7, 11) is 0. The van der Waals surface area contributed by atoms with Gasteiger partial charge in [0.15, 0.2) is 5.13 Å². The number of anilines is 2. The van der Waals surface area contributed by atoms with E-state index in [-0.39, 0.29) is 29.7 Å². The lowest BCUT2D eigenvalue weighted by molar-refractivity contribution is -0.142. The van der Waals surface area contributed by atoms with Crippen molar-refractivity contribution in [1.29, 1.82) is 0 Å². The fourth-order valence-electron chi connectivity index (χ4n) is 3.64. The lowest BCUT2D eigenvalue weighted by Gasteiger charge is -2.12. The van der Waals surface area contributed by atoms with Gasteiger partial charge >= 0.3 is 5.97 Å². The van der Waals surface area contributed by atoms with Crippen molar-refractivity contribution in [3.05, 3.63) is 112 Å². The summed E-state index contributed by atoms with van der Waals surface area (Å²) in [5.41, 5.74) is 2.13. The zero-order valence-electron chi connectivity index (χ0n) is 23.0. The van der Waals surface area contributed by atoms with Crippen LogP contribution >= 0.6 is 34.7 Å². The van der Waals surface area contributed by atoms with E-state index in [9.17, 15) is 19.2 Å². The molecule has 0 aliphatic carbocycles. The van der Waals surface area contributed by atoms with Crippen molar-refractivity contribution in [1.82, 2.24) is 10.3 Å². The molecule has 1 aromatic heterocycles. The van der Waals surface area contributed by atoms with Crippen LogP contribution < -0.4 is 16.0 Å². The average Bonchev–Trinajstić information content (AvgIpc) is 3.43. The van der Waals surface area contributed by atoms with Crippen LogP contribution in [-0.4, -0.2) is 41.0 Å². The minimum absolute atomic E-state index is 0.0411. The van der Waals surface area contributed by atoms with Gasteiger partial charge in [0.05, 0.1) is 24.5 Å². The maximum atomic E-state index is 13.3. The molecule has 1 heterocycles. The predicted octanol–water partition coefficient (Wildman–Crippen LogP) is 6.04. The van der Waals surface area contributed by atoms with Crippen LogP contribution in [0.1, 0.15) is 28.5 Å². The van der Waals surface area contributed by atoms with E-state index in [0.717, 1.165) is 4.90 Å². The molecule has 0 atom stereocenters. The number of thiazole rings is 1. The zero-order chi connectivity index (χ0) is 30.6. The third-order valence-corrected chi connectivity index (χ3v) is 7.65. The van der Waals surface area contributed by atoms with Gasteiger partial charge in [-0.05, 0) is 61.0 Å². The Hall–Kier alpha value is -4.45. The summed E-state index contributed by atoms with van der Waals surface area (Å²) in [5, 5.41) is 10.9. The maximum Gasteiger partial charge on any atom is 0.311 e. The molecule has 0 fully saturated rings. The molecule has 0 bridgehead atoms. The second-order valence-corrected chi connectivity index (χ2v) is 11.2. The first-order valence-electron chi connectivity index (χ1n) is 13.1. The molecule has 12 heteroatoms. The second kappa shape index (κ2) is 15.7. The number of benzene rings is 3. The van der Waals surface area contributed by atoms with Gasteiger partial charge in [-0.1, -0.05) is 48.0 Å². The minimum Gasteiger partial charge on any atom is -0.466 e. The van der Waals surface area contributed by atoms with Crippen molar-refractivity contribution in [2.24, 2.45) is 0 Å². The van der Waals surface area contributed by atoms with Crippen molar-refractivity contribution in [2.75, 3.05) is 23.0 Å². The molecule has 0 aliphatic heterocycles. The van der Waals surface area contributed by atoms with Crippen LogP contribution in [0.5, 0.6) is 0 Å². The van der Waals surface area contributed by atoms with E-state index in [2.05, 4.69) is 20.9 Å². The van der Waals surface area contributed by atoms with Crippen molar-refractivity contribution in [3.63, 3.8) is 0 Å². The van der Waals surface area contributed by atoms with E-state index in [1.165, 1.54) is 23.1 Å². The predicted molar refractivity (Wildman–Crippen MR) is 170 cm³/mol. The van der Waals surface area contributed by atoms with E-state index in [1.54, 1.807) is 91.2 Å². The number of nitrogens with zero attached hydrogens (tertiary/aromatic N) is 1. The first-order chi connectivity index (χ1) is 20.8. The number of hydrogen-bond donors (Lipinski definition) is 3. The molecule has 0 saturated carbocycles. The van der Waals surface area contributed by atoms with Gasteiger partial charge in [0, 0.05) is 26.5 Å². The molecular weight excluding hydrogens is 608 g/mol. The Balaban J connectivity index is 1.38. The molecule has 3 N–H and O–H groups in total. The van der Waals surface area contributed by atoms with Gasteiger partial charge in [0.1, 0.15) is 5.70 Å². The normalized spacial score (nSPS) is 11.0. The molecule has 9 nitrogen and oxygen atoms in total. The van der Waals surface area contributed by atoms with Crippen molar-refractivity contribution >= 4 is 75.3 Å². The van der Waals surface area contributed by atoms with Gasteiger partial charge in [-0.2, -0.15) is 0 Å². The van der Waals surface area contributed by atoms with Crippen LogP contribution in [0.25, 0.3) is 6.08 Å². The maximum absolute atomic E-state index is 13.3. The lowest BCUT2D eigenvalue weighted by atomic mass is 10.1. The number of esters is 1. The number of ether oxygens (including phenoxy) is 1. The molecule has 220 valence electrons. The van der Waals surface area contributed by atoms with Crippen LogP contribution in [0.4, 0.5) is 10.8 Å². The molecule has 0 spiro atoms. The highest BCUT2D eigenvalue weighted by Crippen LogP contribution is 2.23. The molecule has 0 radical (unpaired) electrons. The standard InChI is InChI=1S/C31H27ClN4O5S2/c1-2-41-28(38)17-24-18-43-31(34-24)36-27(37)19-42-25-10-6-9-23(16-25)33-30(40)26(15-20-11-13-22(32)14-12-20)35-29(39)21-7-4-3-5-8-21/h3-16,18H,2,17,19H2,1H3,(H,33,40)(H,35,39)(H,34,36,37)/b26-15-. The Morgan fingerprint density at radius 1 is 0.977 bits per heavy atom. The Kier molecular flexibility index (Phi) is 11.5. The number of halogens is 1. The number of aromatic nitrogens is 1. The van der Waals surface area contributed by atoms with Gasteiger partial charge in [0.25, 0.3) is 11.8 Å². The smallest absolute Gasteiger partial charge is 0.311 e. The largest absolute Gasteiger partial charge is 0.466 e. The first kappa shape index (κ1) is 31.5. The summed E-state index contributed by atoms with van der Waals surface area (Å²) in [5.74, 6) is -1.51. The first-order valence-corrected chi connectivity index (χ1v) is 15.3. The highest BCUT2D eigenvalue weighted by atomic mass is 35.5. The molecule has 0 aliphatic rings. The van der Waals surface area contributed by atoms with Crippen LogP contribution in [-0.2, 0) is 25.5 Å². The van der Waals surface area contributed by atoms with E-state index in [4.69, 9.17) is 16.3 Å². The minimum atomic E-state index is -0.526. The number of carbonyl (C=O) groups excluding carboxylic acids is 4. The number of thioether (sulfide) groups is 1. The van der Waals surface area contributed by atoms with E-state index < -0.39 is 11.8 Å². The SMILES string of the molecule is CCOC(=O)Cc1csc(NC(=O)CSc2cccc(NC(=O)/C(=C/c3ccc(Cl)cc3)NC(=O)c3ccccc3)c2)n1. The summed E-state index contributed by atoms with van der Waals surface area (Å²) in [6.45, 7) is 2.02. The third-order valence-electron chi connectivity index (χ3n) is 5.60. The number of carbonyl (C=O) groups is 4. The molecule has 0 unspecified atom stereocenters. The molecule has 43 heavy (non-hydrogen) atoms. The molecule has 4 rings (SSSR count). The Bertz CT molecular complexity index is 1620. The van der Waals surface area contributed by atoms with Gasteiger partial charge in [0.2, 0.25) is 5.91 Å². The monoisotopic (exact) mass is 634 g/mol. The average molecular weight is 635 g/mol. The number of amides is 3. The molecule has 0 saturated heterocycles. The summed E-state index contributed by atoms with van der Waals surface area (Å²) >= 11 is 8.50. The summed E-state index contributed by atoms with van der Waals surface area (Å²) < 4.78 is 4.92. The highest BCUT2D eigenvalue weighted by molar-refractivity contribution is 8.00. The summed E-state index contributed by atoms with van der Waals surface area (Å²) in [4.78, 5) is 55.3. The topological polar surface area (TPSA) is 126 Å². The summed E-state index contributed by atoms with van der Waals surface area (Å²) in [6.07, 6.45) is 1.60. The second-order valence-electron chi connectivity index (χ2n) is 8.87. The molecule has 3 aromatic carbocycles. The van der Waals surface area contributed by atoms with Crippen LogP contribution in [0.15, 0.2) is 94.8 Å². The Morgan fingerprint density at radius 3 is 2.49 bits per heavy atom. The van der Waals surface area contributed by atoms with Gasteiger partial charge < -0.3 is 20.7 Å². The highest BCUT2D eigenvalue weighted by Gasteiger charge is 2.16. The van der Waals surface area contributed by atoms with E-state index >= 15 is 0 Å². The van der Waals surface area contributed by atoms with Gasteiger partial charge in [-0.3, -0.25) is 19.2 Å². The van der Waals surface area contributed by atoms with Gasteiger partial charge in [-0.25, -0.2) is 4.98 Å². The van der Waals surface area contributed by atoms with Crippen LogP contribution in [0, 0.1) is 0 Å². The van der Waals surface area contributed by atoms with E-state index in [1.807, 2.05) is 6.07 Å². The van der Waals surface area contributed by atoms with E-state index in [0.29, 0.717) is 39.3 Å². The number of hydrogen-bond acceptors (Lipinski definition) is 8. The number of nitrogens with one attached hydrogen (secondary N) is 3. The number of rotatable bonds is 12. The Labute approximate surface area is 261 Å². The van der Waals surface area contributed by atoms with Crippen molar-refractivity contribution in [2.45, 2.75) is 18.2 Å².